The Bertz CT molecular complexity index is 2160. The molecule has 2 aromatic carbocycles. The molecule has 0 saturated carbocycles. The lowest BCUT2D eigenvalue weighted by molar-refractivity contribution is -0.143. The number of anilines is 4. The number of hydrogen-bond donors (Lipinski definition) is 3. The lowest BCUT2D eigenvalue weighted by atomic mass is 9.96. The van der Waals surface area contributed by atoms with Crippen LogP contribution in [0.5, 0.6) is 12.0 Å². The van der Waals surface area contributed by atoms with Gasteiger partial charge in [0.2, 0.25) is 0 Å². The van der Waals surface area contributed by atoms with Gasteiger partial charge in [-0.05, 0) is 61.5 Å². The zero-order valence-electron chi connectivity index (χ0n) is 34.5. The molecular weight excluding hydrogens is 767 g/mol. The summed E-state index contributed by atoms with van der Waals surface area (Å²) in [4.78, 5) is 70.4. The molecule has 7 rings (SSSR count). The van der Waals surface area contributed by atoms with E-state index < -0.39 is 5.97 Å². The van der Waals surface area contributed by atoms with Gasteiger partial charge in [-0.25, -0.2) is 0 Å². The molecule has 0 atom stereocenters. The van der Waals surface area contributed by atoms with E-state index >= 15 is 0 Å². The quantitative estimate of drug-likeness (QED) is 0.102. The van der Waals surface area contributed by atoms with E-state index in [1.807, 2.05) is 34.1 Å². The third-order valence-electron chi connectivity index (χ3n) is 10.7. The number of nitrogen functional groups attached to an aromatic ring is 2. The maximum Gasteiger partial charge on any atom is 0.320 e. The van der Waals surface area contributed by atoms with Gasteiger partial charge in [-0.3, -0.25) is 24.1 Å². The number of carboxylic acids is 1. The first-order valence-corrected chi connectivity index (χ1v) is 20.7. The highest BCUT2D eigenvalue weighted by atomic mass is 16.5. The number of nitrogens with zero attached hydrogens (tertiary/aromatic N) is 7. The van der Waals surface area contributed by atoms with E-state index in [0.717, 1.165) is 62.7 Å². The molecule has 0 unspecified atom stereocenters. The Morgan fingerprint density at radius 2 is 1.23 bits per heavy atom. The summed E-state index contributed by atoms with van der Waals surface area (Å²) >= 11 is 0. The fourth-order valence-corrected chi connectivity index (χ4v) is 7.51. The van der Waals surface area contributed by atoms with Crippen LogP contribution in [0.1, 0.15) is 90.5 Å². The number of aliphatic carboxylic acids is 1. The largest absolute Gasteiger partial charge is 0.481 e. The van der Waals surface area contributed by atoms with Crippen molar-refractivity contribution in [3.05, 3.63) is 81.9 Å². The highest BCUT2D eigenvalue weighted by Gasteiger charge is 2.30. The molecule has 16 nitrogen and oxygen atoms in total. The van der Waals surface area contributed by atoms with E-state index in [9.17, 15) is 24.3 Å². The second-order valence-electron chi connectivity index (χ2n) is 15.5. The number of benzene rings is 2. The summed E-state index contributed by atoms with van der Waals surface area (Å²) in [7, 11) is 0. The summed E-state index contributed by atoms with van der Waals surface area (Å²) < 4.78 is 11.3. The van der Waals surface area contributed by atoms with E-state index in [1.54, 1.807) is 12.1 Å². The van der Waals surface area contributed by atoms with Gasteiger partial charge in [-0.1, -0.05) is 69.2 Å². The Morgan fingerprint density at radius 1 is 0.750 bits per heavy atom. The predicted octanol–water partition coefficient (Wildman–Crippen LogP) is 4.85. The number of fused-ring (bicyclic) bond motifs is 2. The summed E-state index contributed by atoms with van der Waals surface area (Å²) in [6.07, 6.45) is 6.46. The van der Waals surface area contributed by atoms with Gasteiger partial charge >= 0.3 is 18.0 Å². The monoisotopic (exact) mass is 821 g/mol. The van der Waals surface area contributed by atoms with Crippen LogP contribution in [0.2, 0.25) is 0 Å². The van der Waals surface area contributed by atoms with Crippen molar-refractivity contribution in [3.63, 3.8) is 0 Å². The van der Waals surface area contributed by atoms with Gasteiger partial charge < -0.3 is 35.8 Å². The maximum absolute atomic E-state index is 12.4. The SMILES string of the molecule is CCCCOc1nc(N)c2c(n1)N(Cc1cccc(C=O)c1)CC(=O)C2.CCCCOc1nc(N)c2c(n1)N(Cc1cccc(CN3CCC(C(=O)O)CC3)c1)CC(=O)C2. The molecule has 0 radical (unpaired) electrons. The number of rotatable bonds is 16. The summed E-state index contributed by atoms with van der Waals surface area (Å²) in [5.41, 5.74) is 17.3. The van der Waals surface area contributed by atoms with Crippen molar-refractivity contribution in [1.29, 1.82) is 0 Å². The van der Waals surface area contributed by atoms with Crippen LogP contribution in [0.4, 0.5) is 23.3 Å². The molecule has 3 aliphatic heterocycles. The summed E-state index contributed by atoms with van der Waals surface area (Å²) in [6.45, 7) is 9.04. The average molecular weight is 822 g/mol. The van der Waals surface area contributed by atoms with Crippen LogP contribution in [-0.4, -0.2) is 93.2 Å². The van der Waals surface area contributed by atoms with Crippen LogP contribution in [0.3, 0.4) is 0 Å². The average Bonchev–Trinajstić information content (AvgIpc) is 3.22. The Morgan fingerprint density at radius 3 is 1.72 bits per heavy atom. The Labute approximate surface area is 350 Å². The van der Waals surface area contributed by atoms with Crippen molar-refractivity contribution < 1.29 is 33.8 Å². The van der Waals surface area contributed by atoms with Crippen molar-refractivity contribution in [2.75, 3.05) is 60.7 Å². The minimum atomic E-state index is -0.693. The van der Waals surface area contributed by atoms with E-state index in [0.29, 0.717) is 73.3 Å². The molecule has 5 heterocycles. The van der Waals surface area contributed by atoms with Crippen LogP contribution < -0.4 is 30.7 Å². The summed E-state index contributed by atoms with van der Waals surface area (Å²) in [5.74, 6) is 1.08. The second kappa shape index (κ2) is 20.7. The van der Waals surface area contributed by atoms with Gasteiger partial charge in [0.15, 0.2) is 11.6 Å². The fraction of sp³-hybridized carbons (Fsp3) is 0.455. The number of likely N-dealkylation sites (tertiary alicyclic amines) is 1. The van der Waals surface area contributed by atoms with Gasteiger partial charge in [-0.2, -0.15) is 19.9 Å². The molecule has 0 amide bonds. The molecule has 5 N–H and O–H groups in total. The zero-order chi connectivity index (χ0) is 42.6. The van der Waals surface area contributed by atoms with Crippen molar-refractivity contribution in [1.82, 2.24) is 24.8 Å². The number of ether oxygens (including phenoxy) is 2. The Hall–Kier alpha value is -6.16. The highest BCUT2D eigenvalue weighted by Crippen LogP contribution is 2.32. The lowest BCUT2D eigenvalue weighted by Gasteiger charge is -2.31. The van der Waals surface area contributed by atoms with Crippen LogP contribution in [0.25, 0.3) is 0 Å². The number of carbonyl (C=O) groups is 4. The number of aromatic nitrogens is 4. The fourth-order valence-electron chi connectivity index (χ4n) is 7.51. The zero-order valence-corrected chi connectivity index (χ0v) is 34.5. The standard InChI is InChI=1S/C25H33N5O4.C19H22N4O3/c1-2-3-11-34-25-27-22(26)21-13-20(31)16-30(23(21)28-25)15-18-6-4-5-17(12-18)14-29-9-7-19(8-10-29)24(32)33;1-2-3-7-26-19-21-17(20)16-9-15(25)11-23(18(16)22-19)10-13-5-4-6-14(8-13)12-24/h4-6,12,19H,2-3,7-11,13-16H2,1H3,(H,32,33)(H2,26,27,28);4-6,8,12H,2-3,7,9-11H2,1H3,(H2,20,21,22). The molecule has 2 aromatic heterocycles. The number of nitrogens with two attached hydrogens (primary N) is 2. The number of hydrogen-bond acceptors (Lipinski definition) is 15. The predicted molar refractivity (Wildman–Crippen MR) is 227 cm³/mol. The van der Waals surface area contributed by atoms with Crippen LogP contribution in [-0.2, 0) is 46.9 Å². The minimum Gasteiger partial charge on any atom is -0.481 e. The Balaban J connectivity index is 0.000000209. The smallest absolute Gasteiger partial charge is 0.320 e. The van der Waals surface area contributed by atoms with Crippen LogP contribution >= 0.6 is 0 Å². The molecule has 1 fully saturated rings. The second-order valence-corrected chi connectivity index (χ2v) is 15.5. The van der Waals surface area contributed by atoms with Crippen LogP contribution in [0.15, 0.2) is 48.5 Å². The van der Waals surface area contributed by atoms with Gasteiger partial charge in [0.25, 0.3) is 0 Å². The molecular formula is C44H55N9O7. The van der Waals surface area contributed by atoms with E-state index in [2.05, 4.69) is 50.8 Å². The van der Waals surface area contributed by atoms with Crippen molar-refractivity contribution in [3.8, 4) is 12.0 Å². The number of aldehydes is 1. The van der Waals surface area contributed by atoms with E-state index in [4.69, 9.17) is 20.9 Å². The molecule has 3 aliphatic rings. The van der Waals surface area contributed by atoms with Crippen LogP contribution in [0, 0.1) is 5.92 Å². The summed E-state index contributed by atoms with van der Waals surface area (Å²) in [5, 5.41) is 9.21. The molecule has 16 heteroatoms. The molecule has 318 valence electrons. The minimum absolute atomic E-state index is 0.0546. The molecule has 0 bridgehead atoms. The van der Waals surface area contributed by atoms with Crippen molar-refractivity contribution >= 4 is 47.1 Å². The maximum atomic E-state index is 12.4. The molecule has 60 heavy (non-hydrogen) atoms. The lowest BCUT2D eigenvalue weighted by Crippen LogP contribution is -2.37. The number of unbranched alkanes of at least 4 members (excludes halogenated alkanes) is 2. The van der Waals surface area contributed by atoms with Gasteiger partial charge in [0, 0.05) is 49.2 Å². The summed E-state index contributed by atoms with van der Waals surface area (Å²) in [6, 6.07) is 16.1. The van der Waals surface area contributed by atoms with Gasteiger partial charge in [0.1, 0.15) is 29.6 Å². The van der Waals surface area contributed by atoms with E-state index in [-0.39, 0.29) is 61.3 Å². The van der Waals surface area contributed by atoms with Crippen molar-refractivity contribution in [2.45, 2.75) is 84.8 Å². The molecule has 4 aromatic rings. The molecule has 1 saturated heterocycles. The first-order chi connectivity index (χ1) is 29.0. The Kier molecular flexibility index (Phi) is 15.0. The number of ketones is 2. The van der Waals surface area contributed by atoms with E-state index in [1.165, 1.54) is 5.56 Å². The number of Topliss-reactive ketones (excluding diaryl/α,β-unsaturated/α-hetero) is 2. The molecule has 0 spiro atoms. The third kappa shape index (κ3) is 11.5. The van der Waals surface area contributed by atoms with Crippen molar-refractivity contribution in [2.24, 2.45) is 5.92 Å². The van der Waals surface area contributed by atoms with Gasteiger partial charge in [-0.15, -0.1) is 0 Å². The number of carboxylic acid groups (broad SMARTS) is 1. The number of carbonyl (C=O) groups excluding carboxylic acids is 3. The van der Waals surface area contributed by atoms with Gasteiger partial charge in [0.05, 0.1) is 32.2 Å². The number of piperidine rings is 1. The first kappa shape index (κ1) is 43.4. The third-order valence-corrected chi connectivity index (χ3v) is 10.7. The first-order valence-electron chi connectivity index (χ1n) is 20.7. The normalized spacial score (nSPS) is 15.4. The topological polar surface area (TPSA) is 220 Å². The molecule has 0 aliphatic carbocycles. The highest BCUT2D eigenvalue weighted by molar-refractivity contribution is 5.92.